The molecule has 0 aliphatic carbocycles. The van der Waals surface area contributed by atoms with Crippen molar-refractivity contribution < 1.29 is 24.2 Å². The third-order valence-corrected chi connectivity index (χ3v) is 1.38. The molecule has 1 N–H and O–H groups in total. The number of carboxylic acid groups (broad SMARTS) is 1. The molecule has 0 heterocycles. The van der Waals surface area contributed by atoms with Crippen LogP contribution in [0.2, 0.25) is 0 Å². The Morgan fingerprint density at radius 3 is 2.23 bits per heavy atom. The van der Waals surface area contributed by atoms with Gasteiger partial charge in [0.1, 0.15) is 0 Å². The molecule has 0 saturated heterocycles. The molecule has 74 valence electrons. The number of carbonyl (C=O) groups is 3. The van der Waals surface area contributed by atoms with Crippen LogP contribution in [0.15, 0.2) is 0 Å². The van der Waals surface area contributed by atoms with Gasteiger partial charge in [-0.05, 0) is 6.92 Å². The minimum absolute atomic E-state index is 0.128. The van der Waals surface area contributed by atoms with Crippen molar-refractivity contribution in [3.05, 3.63) is 0 Å². The van der Waals surface area contributed by atoms with Gasteiger partial charge in [-0.25, -0.2) is 0 Å². The second kappa shape index (κ2) is 5.29. The number of esters is 1. The van der Waals surface area contributed by atoms with Crippen LogP contribution in [-0.4, -0.2) is 28.9 Å². The molecular formula is C8H12O5. The van der Waals surface area contributed by atoms with Gasteiger partial charge in [-0.1, -0.05) is 6.92 Å². The van der Waals surface area contributed by atoms with E-state index in [1.54, 1.807) is 6.92 Å². The van der Waals surface area contributed by atoms with Gasteiger partial charge in [0.25, 0.3) is 0 Å². The van der Waals surface area contributed by atoms with E-state index in [4.69, 9.17) is 5.11 Å². The second-order valence-corrected chi connectivity index (χ2v) is 2.54. The topological polar surface area (TPSA) is 80.7 Å². The van der Waals surface area contributed by atoms with Crippen LogP contribution in [0.4, 0.5) is 0 Å². The number of Topliss-reactive ketones (excluding diaryl/α,β-unsaturated/α-hetero) is 1. The van der Waals surface area contributed by atoms with Crippen molar-refractivity contribution in [3.63, 3.8) is 0 Å². The summed E-state index contributed by atoms with van der Waals surface area (Å²) in [6.45, 7) is 2.76. The minimum Gasteiger partial charge on any atom is -0.481 e. The first-order valence-electron chi connectivity index (χ1n) is 3.89. The Morgan fingerprint density at radius 2 is 1.92 bits per heavy atom. The van der Waals surface area contributed by atoms with Crippen molar-refractivity contribution in [3.8, 4) is 0 Å². The van der Waals surface area contributed by atoms with Gasteiger partial charge >= 0.3 is 11.9 Å². The van der Waals surface area contributed by atoms with Crippen molar-refractivity contribution in [1.29, 1.82) is 0 Å². The van der Waals surface area contributed by atoms with Gasteiger partial charge in [0.2, 0.25) is 0 Å². The molecule has 1 unspecified atom stereocenters. The molecule has 1 atom stereocenters. The molecule has 13 heavy (non-hydrogen) atoms. The lowest BCUT2D eigenvalue weighted by Gasteiger charge is -2.11. The molecule has 0 radical (unpaired) electrons. The van der Waals surface area contributed by atoms with Crippen LogP contribution >= 0.6 is 0 Å². The Labute approximate surface area is 75.7 Å². The van der Waals surface area contributed by atoms with E-state index in [2.05, 4.69) is 4.74 Å². The van der Waals surface area contributed by atoms with Crippen LogP contribution in [-0.2, 0) is 19.1 Å². The van der Waals surface area contributed by atoms with Crippen molar-refractivity contribution in [1.82, 2.24) is 0 Å². The number of carbonyl (C=O) groups excluding carboxylic acids is 2. The molecule has 0 aromatic carbocycles. The summed E-state index contributed by atoms with van der Waals surface area (Å²) in [6, 6.07) is 0. The van der Waals surface area contributed by atoms with E-state index in [0.717, 1.165) is 0 Å². The largest absolute Gasteiger partial charge is 0.481 e. The smallest absolute Gasteiger partial charge is 0.307 e. The quantitative estimate of drug-likeness (QED) is 0.630. The molecule has 0 rings (SSSR count). The predicted octanol–water partition coefficient (Wildman–Crippen LogP) is 0.372. The molecule has 0 aliphatic heterocycles. The summed E-state index contributed by atoms with van der Waals surface area (Å²) in [6.07, 6.45) is -1.49. The summed E-state index contributed by atoms with van der Waals surface area (Å²) in [5.41, 5.74) is 0. The van der Waals surface area contributed by atoms with Crippen LogP contribution in [0.3, 0.4) is 0 Å². The Hall–Kier alpha value is -1.39. The van der Waals surface area contributed by atoms with Gasteiger partial charge < -0.3 is 9.84 Å². The van der Waals surface area contributed by atoms with Gasteiger partial charge in [-0.15, -0.1) is 0 Å². The monoisotopic (exact) mass is 188 g/mol. The van der Waals surface area contributed by atoms with Crippen molar-refractivity contribution in [2.75, 3.05) is 0 Å². The van der Waals surface area contributed by atoms with Gasteiger partial charge in [0, 0.05) is 6.42 Å². The molecule has 0 spiro atoms. The number of rotatable bonds is 5. The molecule has 0 bridgehead atoms. The first kappa shape index (κ1) is 11.6. The molecule has 5 nitrogen and oxygen atoms in total. The first-order chi connectivity index (χ1) is 5.97. The maximum Gasteiger partial charge on any atom is 0.307 e. The minimum atomic E-state index is -1.16. The van der Waals surface area contributed by atoms with Gasteiger partial charge in [0.05, 0.1) is 6.42 Å². The number of ketones is 1. The van der Waals surface area contributed by atoms with Crippen molar-refractivity contribution >= 4 is 17.7 Å². The van der Waals surface area contributed by atoms with E-state index >= 15 is 0 Å². The maximum absolute atomic E-state index is 10.8. The highest BCUT2D eigenvalue weighted by atomic mass is 16.5. The number of aliphatic carboxylic acids is 1. The highest BCUT2D eigenvalue weighted by Gasteiger charge is 2.21. The first-order valence-corrected chi connectivity index (χ1v) is 3.89. The highest BCUT2D eigenvalue weighted by Crippen LogP contribution is 2.02. The predicted molar refractivity (Wildman–Crippen MR) is 43.1 cm³/mol. The van der Waals surface area contributed by atoms with Crippen LogP contribution in [0.1, 0.15) is 26.7 Å². The fourth-order valence-corrected chi connectivity index (χ4v) is 0.669. The van der Waals surface area contributed by atoms with Gasteiger partial charge in [0.15, 0.2) is 11.9 Å². The van der Waals surface area contributed by atoms with Crippen LogP contribution in [0, 0.1) is 0 Å². The summed E-state index contributed by atoms with van der Waals surface area (Å²) in [7, 11) is 0. The summed E-state index contributed by atoms with van der Waals surface area (Å²) >= 11 is 0. The van der Waals surface area contributed by atoms with Crippen molar-refractivity contribution in [2.45, 2.75) is 32.8 Å². The number of hydrogen-bond donors (Lipinski definition) is 1. The Bertz CT molecular complexity index is 221. The molecule has 0 aromatic rings. The van der Waals surface area contributed by atoms with Gasteiger partial charge in [-0.3, -0.25) is 14.4 Å². The van der Waals surface area contributed by atoms with E-state index in [9.17, 15) is 14.4 Å². The van der Waals surface area contributed by atoms with Crippen LogP contribution in [0.25, 0.3) is 0 Å². The molecule has 0 amide bonds. The van der Waals surface area contributed by atoms with E-state index in [1.807, 2.05) is 0 Å². The lowest BCUT2D eigenvalue weighted by molar-refractivity contribution is -0.158. The third kappa shape index (κ3) is 4.95. The zero-order valence-corrected chi connectivity index (χ0v) is 7.57. The summed E-state index contributed by atoms with van der Waals surface area (Å²) < 4.78 is 4.60. The zero-order chi connectivity index (χ0) is 10.4. The highest BCUT2D eigenvalue weighted by molar-refractivity contribution is 5.87. The second-order valence-electron chi connectivity index (χ2n) is 2.54. The zero-order valence-electron chi connectivity index (χ0n) is 7.57. The summed E-state index contributed by atoms with van der Waals surface area (Å²) in [5, 5.41) is 8.37. The standard InChI is InChI=1S/C8H12O5/c1-3-8(12)13-6(5(2)9)4-7(10)11/h6H,3-4H2,1-2H3,(H,10,11). The summed E-state index contributed by atoms with van der Waals surface area (Å²) in [4.78, 5) is 31.8. The Morgan fingerprint density at radius 1 is 1.38 bits per heavy atom. The number of carboxylic acids is 1. The van der Waals surface area contributed by atoms with E-state index in [1.165, 1.54) is 6.92 Å². The fraction of sp³-hybridized carbons (Fsp3) is 0.625. The fourth-order valence-electron chi connectivity index (χ4n) is 0.669. The third-order valence-electron chi connectivity index (χ3n) is 1.38. The summed E-state index contributed by atoms with van der Waals surface area (Å²) in [5.74, 6) is -2.19. The Kier molecular flexibility index (Phi) is 4.72. The number of hydrogen-bond acceptors (Lipinski definition) is 4. The number of ether oxygens (including phenoxy) is 1. The van der Waals surface area contributed by atoms with Crippen LogP contribution < -0.4 is 0 Å². The molecule has 0 aromatic heterocycles. The lowest BCUT2D eigenvalue weighted by atomic mass is 10.2. The molecule has 5 heteroatoms. The average Bonchev–Trinajstić information content (AvgIpc) is 2.02. The van der Waals surface area contributed by atoms with Crippen molar-refractivity contribution in [2.24, 2.45) is 0 Å². The average molecular weight is 188 g/mol. The van der Waals surface area contributed by atoms with E-state index < -0.39 is 30.2 Å². The normalized spacial score (nSPS) is 11.8. The molecular weight excluding hydrogens is 176 g/mol. The Balaban J connectivity index is 4.18. The molecule has 0 saturated carbocycles. The maximum atomic E-state index is 10.8. The van der Waals surface area contributed by atoms with Gasteiger partial charge in [-0.2, -0.15) is 0 Å². The molecule has 0 aliphatic rings. The SMILES string of the molecule is CCC(=O)OC(CC(=O)O)C(C)=O. The van der Waals surface area contributed by atoms with E-state index in [0.29, 0.717) is 0 Å². The van der Waals surface area contributed by atoms with E-state index in [-0.39, 0.29) is 6.42 Å². The lowest BCUT2D eigenvalue weighted by Crippen LogP contribution is -2.27. The molecule has 0 fully saturated rings. The van der Waals surface area contributed by atoms with Crippen LogP contribution in [0.5, 0.6) is 0 Å².